The molecule has 4 nitrogen and oxygen atoms in total. The van der Waals surface area contributed by atoms with Gasteiger partial charge in [0.05, 0.1) is 5.52 Å². The van der Waals surface area contributed by atoms with Crippen LogP contribution in [-0.4, -0.2) is 23.1 Å². The first-order valence-corrected chi connectivity index (χ1v) is 11.2. The van der Waals surface area contributed by atoms with E-state index in [1.807, 2.05) is 36.4 Å². The minimum Gasteiger partial charge on any atom is -0.369 e. The van der Waals surface area contributed by atoms with E-state index in [2.05, 4.69) is 41.7 Å². The molecule has 3 aromatic carbocycles. The van der Waals surface area contributed by atoms with Crippen LogP contribution in [0.2, 0.25) is 5.02 Å². The molecule has 1 heterocycles. The molecule has 0 amide bonds. The second-order valence-electron chi connectivity index (χ2n) is 7.66. The average Bonchev–Trinajstić information content (AvgIpc) is 2.79. The first kappa shape index (κ1) is 30.0. The topological polar surface area (TPSA) is 63.8 Å². The molecule has 0 saturated heterocycles. The first-order valence-electron chi connectivity index (χ1n) is 10.8. The van der Waals surface area contributed by atoms with Crippen molar-refractivity contribution in [3.63, 3.8) is 0 Å². The lowest BCUT2D eigenvalue weighted by atomic mass is 10.1. The smallest absolute Gasteiger partial charge is 0.154 e. The molecule has 4 rings (SSSR count). The summed E-state index contributed by atoms with van der Waals surface area (Å²) in [5, 5.41) is 7.68. The second kappa shape index (κ2) is 15.0. The number of hydrogen-bond acceptors (Lipinski definition) is 4. The number of fused-ring (bicyclic) bond motifs is 2. The predicted octanol–water partition coefficient (Wildman–Crippen LogP) is 7.80. The third-order valence-corrected chi connectivity index (χ3v) is 5.55. The van der Waals surface area contributed by atoms with E-state index in [1.165, 1.54) is 23.6 Å². The van der Waals surface area contributed by atoms with E-state index < -0.39 is 0 Å². The van der Waals surface area contributed by atoms with Crippen molar-refractivity contribution in [2.75, 3.05) is 18.4 Å². The minimum absolute atomic E-state index is 0. The van der Waals surface area contributed by atoms with E-state index in [0.29, 0.717) is 5.82 Å². The van der Waals surface area contributed by atoms with Gasteiger partial charge < -0.3 is 11.1 Å². The van der Waals surface area contributed by atoms with Crippen molar-refractivity contribution in [2.45, 2.75) is 25.7 Å². The van der Waals surface area contributed by atoms with E-state index in [0.717, 1.165) is 53.2 Å². The standard InChI is InChI=1S/C26H27ClN4.3ClH/c27-22-12-9-19(10-13-22)11-14-25-30-24-18-21-8-4-3-7-20(21)17-23(24)26(31-25)29-16-6-2-1-5-15-28;;;/h3-4,7-14,17-18H,1-2,5-6,15-16,28H2,(H,29,30,31);3*1H/b14-11+;;;. The highest BCUT2D eigenvalue weighted by atomic mass is 35.5. The fraction of sp³-hybridized carbons (Fsp3) is 0.231. The summed E-state index contributed by atoms with van der Waals surface area (Å²) >= 11 is 5.99. The zero-order valence-corrected chi connectivity index (χ0v) is 22.0. The predicted molar refractivity (Wildman–Crippen MR) is 155 cm³/mol. The Hall–Kier alpha value is -2.08. The number of benzene rings is 3. The van der Waals surface area contributed by atoms with Gasteiger partial charge >= 0.3 is 0 Å². The van der Waals surface area contributed by atoms with Crippen molar-refractivity contribution in [2.24, 2.45) is 5.73 Å². The third kappa shape index (κ3) is 8.00. The number of halogens is 4. The van der Waals surface area contributed by atoms with Gasteiger partial charge in [-0.2, -0.15) is 0 Å². The van der Waals surface area contributed by atoms with Crippen LogP contribution in [0.4, 0.5) is 5.82 Å². The quantitative estimate of drug-likeness (QED) is 0.168. The number of unbranched alkanes of at least 4 members (excludes halogenated alkanes) is 3. The molecule has 4 aromatic rings. The van der Waals surface area contributed by atoms with Gasteiger partial charge in [0.25, 0.3) is 0 Å². The van der Waals surface area contributed by atoms with Crippen LogP contribution < -0.4 is 11.1 Å². The summed E-state index contributed by atoms with van der Waals surface area (Å²) in [5.41, 5.74) is 7.59. The lowest BCUT2D eigenvalue weighted by Gasteiger charge is -2.11. The number of aromatic nitrogens is 2. The first-order chi connectivity index (χ1) is 15.2. The van der Waals surface area contributed by atoms with Crippen molar-refractivity contribution in [1.82, 2.24) is 9.97 Å². The Balaban J connectivity index is 0.00000193. The lowest BCUT2D eigenvalue weighted by molar-refractivity contribution is 0.661. The largest absolute Gasteiger partial charge is 0.369 e. The highest BCUT2D eigenvalue weighted by Crippen LogP contribution is 2.27. The van der Waals surface area contributed by atoms with E-state index in [-0.39, 0.29) is 37.2 Å². The van der Waals surface area contributed by atoms with Gasteiger partial charge in [0.1, 0.15) is 5.82 Å². The highest BCUT2D eigenvalue weighted by Gasteiger charge is 2.08. The van der Waals surface area contributed by atoms with Gasteiger partial charge in [0.15, 0.2) is 5.82 Å². The average molecular weight is 540 g/mol. The van der Waals surface area contributed by atoms with Gasteiger partial charge in [-0.15, -0.1) is 37.2 Å². The highest BCUT2D eigenvalue weighted by molar-refractivity contribution is 6.30. The van der Waals surface area contributed by atoms with Crippen molar-refractivity contribution in [3.05, 3.63) is 77.1 Å². The van der Waals surface area contributed by atoms with Crippen LogP contribution in [0.1, 0.15) is 37.1 Å². The molecule has 0 radical (unpaired) electrons. The molecule has 0 spiro atoms. The number of nitrogens with one attached hydrogen (secondary N) is 1. The Morgan fingerprint density at radius 1 is 0.794 bits per heavy atom. The molecular weight excluding hydrogens is 510 g/mol. The summed E-state index contributed by atoms with van der Waals surface area (Å²) in [5.74, 6) is 1.56. The summed E-state index contributed by atoms with van der Waals surface area (Å²) < 4.78 is 0. The molecule has 0 bridgehead atoms. The van der Waals surface area contributed by atoms with Crippen molar-refractivity contribution in [3.8, 4) is 0 Å². The summed E-state index contributed by atoms with van der Waals surface area (Å²) in [6.45, 7) is 1.64. The Morgan fingerprint density at radius 3 is 2.18 bits per heavy atom. The monoisotopic (exact) mass is 538 g/mol. The molecule has 34 heavy (non-hydrogen) atoms. The molecule has 1 aromatic heterocycles. The van der Waals surface area contributed by atoms with Crippen LogP contribution in [0.15, 0.2) is 60.7 Å². The molecule has 182 valence electrons. The summed E-state index contributed by atoms with van der Waals surface area (Å²) in [7, 11) is 0. The molecule has 0 aliphatic carbocycles. The Kier molecular flexibility index (Phi) is 13.2. The van der Waals surface area contributed by atoms with Crippen molar-refractivity contribution < 1.29 is 0 Å². The summed E-state index contributed by atoms with van der Waals surface area (Å²) in [4.78, 5) is 9.63. The number of rotatable bonds is 9. The molecule has 0 unspecified atom stereocenters. The van der Waals surface area contributed by atoms with Gasteiger partial charge in [-0.05, 0) is 66.1 Å². The third-order valence-electron chi connectivity index (χ3n) is 5.30. The molecular formula is C26H30Cl4N4. The maximum Gasteiger partial charge on any atom is 0.154 e. The second-order valence-corrected chi connectivity index (χ2v) is 8.10. The summed E-state index contributed by atoms with van der Waals surface area (Å²) in [6.07, 6.45) is 8.47. The minimum atomic E-state index is 0. The molecule has 0 aliphatic heterocycles. The Labute approximate surface area is 224 Å². The molecule has 3 N–H and O–H groups in total. The van der Waals surface area contributed by atoms with Gasteiger partial charge in [-0.1, -0.05) is 66.9 Å². The SMILES string of the molecule is Cl.Cl.Cl.NCCCCCCNc1nc(/C=C/c2ccc(Cl)cc2)nc2cc3ccccc3cc12. The van der Waals surface area contributed by atoms with Crippen LogP contribution in [-0.2, 0) is 0 Å². The molecule has 0 aliphatic rings. The van der Waals surface area contributed by atoms with Crippen LogP contribution in [0, 0.1) is 0 Å². The van der Waals surface area contributed by atoms with Crippen LogP contribution >= 0.6 is 48.8 Å². The lowest BCUT2D eigenvalue weighted by Crippen LogP contribution is -2.06. The van der Waals surface area contributed by atoms with Gasteiger partial charge in [0, 0.05) is 17.0 Å². The van der Waals surface area contributed by atoms with E-state index in [1.54, 1.807) is 0 Å². The fourth-order valence-electron chi connectivity index (χ4n) is 3.62. The maximum absolute atomic E-state index is 5.99. The van der Waals surface area contributed by atoms with Crippen LogP contribution in [0.5, 0.6) is 0 Å². The normalized spacial score (nSPS) is 10.5. The maximum atomic E-state index is 5.99. The van der Waals surface area contributed by atoms with E-state index in [4.69, 9.17) is 27.3 Å². The number of anilines is 1. The van der Waals surface area contributed by atoms with Crippen LogP contribution in [0.3, 0.4) is 0 Å². The van der Waals surface area contributed by atoms with E-state index >= 15 is 0 Å². The zero-order chi connectivity index (χ0) is 21.5. The van der Waals surface area contributed by atoms with E-state index in [9.17, 15) is 0 Å². The zero-order valence-electron chi connectivity index (χ0n) is 18.7. The number of nitrogens with two attached hydrogens (primary N) is 1. The van der Waals surface area contributed by atoms with Crippen molar-refractivity contribution in [1.29, 1.82) is 0 Å². The Morgan fingerprint density at radius 2 is 1.47 bits per heavy atom. The van der Waals surface area contributed by atoms with Gasteiger partial charge in [-0.3, -0.25) is 0 Å². The molecule has 0 fully saturated rings. The molecule has 8 heteroatoms. The van der Waals surface area contributed by atoms with Gasteiger partial charge in [0.2, 0.25) is 0 Å². The van der Waals surface area contributed by atoms with Gasteiger partial charge in [-0.25, -0.2) is 9.97 Å². The summed E-state index contributed by atoms with van der Waals surface area (Å²) in [6, 6.07) is 20.4. The number of nitrogens with zero attached hydrogens (tertiary/aromatic N) is 2. The Bertz CT molecular complexity index is 1200. The molecule has 0 atom stereocenters. The van der Waals surface area contributed by atoms with Crippen molar-refractivity contribution >= 4 is 88.5 Å². The molecule has 0 saturated carbocycles. The number of hydrogen-bond donors (Lipinski definition) is 2. The van der Waals surface area contributed by atoms with Crippen LogP contribution in [0.25, 0.3) is 33.8 Å². The fourth-order valence-corrected chi connectivity index (χ4v) is 3.74.